The van der Waals surface area contributed by atoms with Gasteiger partial charge in [-0.25, -0.2) is 9.78 Å². The number of nitrogens with zero attached hydrogens (tertiary/aromatic N) is 4. The average Bonchev–Trinajstić information content (AvgIpc) is 3.36. The zero-order valence-corrected chi connectivity index (χ0v) is 24.0. The fraction of sp³-hybridized carbons (Fsp3) is 0.571. The number of imidazole rings is 1. The van der Waals surface area contributed by atoms with E-state index in [0.717, 1.165) is 43.4 Å². The minimum Gasteiger partial charge on any atom is -0.481 e. The SMILES string of the molecule is Cn1cncc1CCNC(=O)N(S)[C@H](Cc1ccc(Cl)cc1)C(=O)N1CCC(C(=O)O)(C2CCCCC2)CC1. The number of thiol groups is 1. The molecule has 11 heteroatoms. The first kappa shape index (κ1) is 29.3. The van der Waals surface area contributed by atoms with Gasteiger partial charge in [-0.3, -0.25) is 13.9 Å². The molecule has 1 aliphatic heterocycles. The van der Waals surface area contributed by atoms with Crippen LogP contribution in [0.1, 0.15) is 56.2 Å². The van der Waals surface area contributed by atoms with E-state index in [9.17, 15) is 19.5 Å². The summed E-state index contributed by atoms with van der Waals surface area (Å²) in [5, 5.41) is 13.7. The number of amides is 3. The first-order valence-electron chi connectivity index (χ1n) is 13.7. The number of piperidine rings is 1. The molecule has 1 aliphatic carbocycles. The van der Waals surface area contributed by atoms with Crippen LogP contribution in [0.4, 0.5) is 4.79 Å². The zero-order valence-electron chi connectivity index (χ0n) is 22.4. The van der Waals surface area contributed by atoms with Crippen LogP contribution in [0.2, 0.25) is 5.02 Å². The van der Waals surface area contributed by atoms with E-state index in [4.69, 9.17) is 11.6 Å². The molecule has 1 saturated carbocycles. The Kier molecular flexibility index (Phi) is 9.82. The van der Waals surface area contributed by atoms with Crippen molar-refractivity contribution in [3.05, 3.63) is 53.1 Å². The minimum atomic E-state index is -0.863. The molecule has 2 aromatic rings. The maximum Gasteiger partial charge on any atom is 0.327 e. The number of carboxylic acid groups (broad SMARTS) is 1. The van der Waals surface area contributed by atoms with Crippen molar-refractivity contribution in [2.45, 2.75) is 63.8 Å². The van der Waals surface area contributed by atoms with E-state index < -0.39 is 23.5 Å². The molecule has 4 rings (SSSR count). The Morgan fingerprint density at radius 3 is 2.44 bits per heavy atom. The third-order valence-corrected chi connectivity index (χ3v) is 9.20. The number of urea groups is 1. The Bertz CT molecular complexity index is 1140. The molecule has 0 bridgehead atoms. The van der Waals surface area contributed by atoms with Crippen molar-refractivity contribution in [1.82, 2.24) is 24.1 Å². The van der Waals surface area contributed by atoms with Crippen LogP contribution >= 0.6 is 24.4 Å². The molecule has 0 unspecified atom stereocenters. The number of halogens is 1. The number of hydrogen-bond acceptors (Lipinski definition) is 5. The van der Waals surface area contributed by atoms with Crippen LogP contribution in [0, 0.1) is 11.3 Å². The second kappa shape index (κ2) is 13.1. The fourth-order valence-corrected chi connectivity index (χ4v) is 6.43. The van der Waals surface area contributed by atoms with Crippen LogP contribution in [0.3, 0.4) is 0 Å². The standard InChI is InChI=1S/C28H38ClN5O4S/c1-32-19-30-18-23(32)11-14-31-27(38)34(39)24(17-20-7-9-22(29)10-8-20)25(35)33-15-12-28(13-16-33,26(36)37)21-5-3-2-4-6-21/h7-10,18-19,21,24,39H,2-6,11-17H2,1H3,(H,31,38)(H,36,37)/t24-/m1/s1. The predicted molar refractivity (Wildman–Crippen MR) is 153 cm³/mol. The quantitative estimate of drug-likeness (QED) is 0.385. The van der Waals surface area contributed by atoms with Crippen molar-refractivity contribution in [2.75, 3.05) is 19.6 Å². The van der Waals surface area contributed by atoms with E-state index in [0.29, 0.717) is 43.9 Å². The largest absolute Gasteiger partial charge is 0.481 e. The Hall–Kier alpha value is -2.72. The van der Waals surface area contributed by atoms with Crippen molar-refractivity contribution in [3.63, 3.8) is 0 Å². The monoisotopic (exact) mass is 575 g/mol. The number of nitrogens with one attached hydrogen (secondary N) is 1. The number of benzene rings is 1. The Labute approximate surface area is 240 Å². The van der Waals surface area contributed by atoms with Crippen molar-refractivity contribution in [3.8, 4) is 0 Å². The molecule has 2 N–H and O–H groups in total. The summed E-state index contributed by atoms with van der Waals surface area (Å²) in [5.74, 6) is -0.829. The number of hydrogen-bond donors (Lipinski definition) is 3. The van der Waals surface area contributed by atoms with Gasteiger partial charge in [0.05, 0.1) is 11.7 Å². The molecular weight excluding hydrogens is 538 g/mol. The third kappa shape index (κ3) is 6.90. The summed E-state index contributed by atoms with van der Waals surface area (Å²) in [4.78, 5) is 45.2. The summed E-state index contributed by atoms with van der Waals surface area (Å²) in [6, 6.07) is 5.84. The molecule has 212 valence electrons. The molecule has 0 spiro atoms. The van der Waals surface area contributed by atoms with Crippen molar-refractivity contribution >= 4 is 42.3 Å². The van der Waals surface area contributed by atoms with E-state index in [1.54, 1.807) is 29.6 Å². The lowest BCUT2D eigenvalue weighted by molar-refractivity contribution is -0.160. The van der Waals surface area contributed by atoms with Gasteiger partial charge in [0.2, 0.25) is 5.91 Å². The molecule has 9 nitrogen and oxygen atoms in total. The lowest BCUT2D eigenvalue weighted by Crippen LogP contribution is -2.55. The smallest absolute Gasteiger partial charge is 0.327 e. The summed E-state index contributed by atoms with van der Waals surface area (Å²) in [6.07, 6.45) is 10.3. The molecule has 2 aliphatic rings. The van der Waals surface area contributed by atoms with Gasteiger partial charge in [-0.05, 0) is 49.3 Å². The van der Waals surface area contributed by atoms with Crippen molar-refractivity contribution < 1.29 is 19.5 Å². The molecular formula is C28H38ClN5O4S. The van der Waals surface area contributed by atoms with Crippen LogP contribution in [-0.2, 0) is 29.5 Å². The molecule has 1 atom stereocenters. The molecule has 3 amide bonds. The van der Waals surface area contributed by atoms with E-state index in [1.165, 1.54) is 4.31 Å². The summed E-state index contributed by atoms with van der Waals surface area (Å²) >= 11 is 10.5. The summed E-state index contributed by atoms with van der Waals surface area (Å²) in [6.45, 7) is 1.06. The molecule has 1 aromatic carbocycles. The maximum absolute atomic E-state index is 13.8. The van der Waals surface area contributed by atoms with Gasteiger partial charge in [-0.1, -0.05) is 55.8 Å². The summed E-state index contributed by atoms with van der Waals surface area (Å²) < 4.78 is 3.05. The molecule has 0 radical (unpaired) electrons. The van der Waals surface area contributed by atoms with Crippen LogP contribution < -0.4 is 5.32 Å². The number of aromatic nitrogens is 2. The lowest BCUT2D eigenvalue weighted by atomic mass is 9.64. The van der Waals surface area contributed by atoms with Crippen LogP contribution in [0.5, 0.6) is 0 Å². The number of aliphatic carboxylic acids is 1. The van der Waals surface area contributed by atoms with Crippen molar-refractivity contribution in [1.29, 1.82) is 0 Å². The van der Waals surface area contributed by atoms with E-state index in [1.807, 2.05) is 23.7 Å². The Morgan fingerprint density at radius 2 is 1.85 bits per heavy atom. The number of carbonyl (C=O) groups is 3. The normalized spacial score (nSPS) is 18.4. The molecule has 39 heavy (non-hydrogen) atoms. The fourth-order valence-electron chi connectivity index (χ4n) is 6.06. The molecule has 1 aromatic heterocycles. The Morgan fingerprint density at radius 1 is 1.18 bits per heavy atom. The number of rotatable bonds is 9. The first-order valence-corrected chi connectivity index (χ1v) is 14.5. The highest BCUT2D eigenvalue weighted by Crippen LogP contribution is 2.46. The van der Waals surface area contributed by atoms with Crippen molar-refractivity contribution in [2.24, 2.45) is 18.4 Å². The molecule has 2 fully saturated rings. The van der Waals surface area contributed by atoms with Crippen LogP contribution in [-0.4, -0.2) is 67.4 Å². The van der Waals surface area contributed by atoms with Gasteiger partial charge in [0.25, 0.3) is 0 Å². The number of carbonyl (C=O) groups excluding carboxylic acids is 2. The summed E-state index contributed by atoms with van der Waals surface area (Å²) in [5.41, 5.74) is 1.04. The molecule has 1 saturated heterocycles. The number of likely N-dealkylation sites (tertiary alicyclic amines) is 1. The first-order chi connectivity index (χ1) is 18.7. The van der Waals surface area contributed by atoms with Gasteiger partial charge in [0.1, 0.15) is 6.04 Å². The number of carboxylic acids is 1. The summed E-state index contributed by atoms with van der Waals surface area (Å²) in [7, 11) is 1.89. The van der Waals surface area contributed by atoms with Gasteiger partial charge in [-0.15, -0.1) is 0 Å². The van der Waals surface area contributed by atoms with Gasteiger partial charge in [0, 0.05) is 56.4 Å². The second-order valence-electron chi connectivity index (χ2n) is 10.8. The topological polar surface area (TPSA) is 108 Å². The van der Waals surface area contributed by atoms with Gasteiger partial charge >= 0.3 is 12.0 Å². The van der Waals surface area contributed by atoms with Gasteiger partial charge in [-0.2, -0.15) is 0 Å². The minimum absolute atomic E-state index is 0.150. The van der Waals surface area contributed by atoms with Gasteiger partial charge < -0.3 is 19.9 Å². The third-order valence-electron chi connectivity index (χ3n) is 8.48. The zero-order chi connectivity index (χ0) is 28.0. The lowest BCUT2D eigenvalue weighted by Gasteiger charge is -2.45. The van der Waals surface area contributed by atoms with Crippen LogP contribution in [0.15, 0.2) is 36.8 Å². The van der Waals surface area contributed by atoms with E-state index >= 15 is 0 Å². The second-order valence-corrected chi connectivity index (χ2v) is 11.7. The van der Waals surface area contributed by atoms with Crippen LogP contribution in [0.25, 0.3) is 0 Å². The highest BCUT2D eigenvalue weighted by atomic mass is 35.5. The number of aryl methyl sites for hydroxylation is 1. The van der Waals surface area contributed by atoms with Gasteiger partial charge in [0.15, 0.2) is 0 Å². The van der Waals surface area contributed by atoms with E-state index in [-0.39, 0.29) is 18.2 Å². The Balaban J connectivity index is 1.45. The van der Waals surface area contributed by atoms with E-state index in [2.05, 4.69) is 23.1 Å². The maximum atomic E-state index is 13.8. The predicted octanol–water partition coefficient (Wildman–Crippen LogP) is 4.36. The molecule has 2 heterocycles. The average molecular weight is 576 g/mol. The highest BCUT2D eigenvalue weighted by molar-refractivity contribution is 7.78. The highest BCUT2D eigenvalue weighted by Gasteiger charge is 2.49.